The molecule has 120 valence electrons. The fraction of sp³-hybridized carbons (Fsp3) is 0.765. The van der Waals surface area contributed by atoms with Crippen LogP contribution >= 0.6 is 0 Å². The second-order valence-electron chi connectivity index (χ2n) is 6.63. The van der Waals surface area contributed by atoms with Gasteiger partial charge in [-0.05, 0) is 25.2 Å². The average Bonchev–Trinajstić information content (AvgIpc) is 2.45. The summed E-state index contributed by atoms with van der Waals surface area (Å²) < 4.78 is 0. The minimum absolute atomic E-state index is 0.295. The summed E-state index contributed by atoms with van der Waals surface area (Å²) in [5, 5.41) is 6.74. The molecule has 1 heterocycles. The fourth-order valence-electron chi connectivity index (χ4n) is 2.21. The Morgan fingerprint density at radius 2 is 1.86 bits per heavy atom. The van der Waals surface area contributed by atoms with Crippen molar-refractivity contribution >= 4 is 11.8 Å². The predicted molar refractivity (Wildman–Crippen MR) is 92.0 cm³/mol. The molecule has 1 aromatic heterocycles. The van der Waals surface area contributed by atoms with E-state index in [-0.39, 0.29) is 0 Å². The molecule has 4 heteroatoms. The van der Waals surface area contributed by atoms with Gasteiger partial charge in [0.2, 0.25) is 5.95 Å². The molecule has 0 aliphatic heterocycles. The highest BCUT2D eigenvalue weighted by atomic mass is 15.1. The summed E-state index contributed by atoms with van der Waals surface area (Å²) in [5.74, 6) is 1.67. The van der Waals surface area contributed by atoms with Gasteiger partial charge in [-0.25, -0.2) is 4.98 Å². The van der Waals surface area contributed by atoms with E-state index in [0.717, 1.165) is 30.9 Å². The first-order valence-electron chi connectivity index (χ1n) is 8.30. The van der Waals surface area contributed by atoms with Crippen molar-refractivity contribution in [2.24, 2.45) is 5.41 Å². The van der Waals surface area contributed by atoms with E-state index in [1.165, 1.54) is 25.7 Å². The lowest BCUT2D eigenvalue weighted by atomic mass is 9.87. The third kappa shape index (κ3) is 6.78. The molecule has 2 N–H and O–H groups in total. The van der Waals surface area contributed by atoms with Crippen molar-refractivity contribution in [3.05, 3.63) is 11.8 Å². The number of nitrogens with zero attached hydrogens (tertiary/aromatic N) is 2. The molecule has 0 spiro atoms. The summed E-state index contributed by atoms with van der Waals surface area (Å²) in [5.41, 5.74) is 1.39. The molecule has 0 bridgehead atoms. The maximum atomic E-state index is 4.58. The van der Waals surface area contributed by atoms with Gasteiger partial charge in [-0.3, -0.25) is 0 Å². The second-order valence-corrected chi connectivity index (χ2v) is 6.63. The van der Waals surface area contributed by atoms with E-state index >= 15 is 0 Å². The van der Waals surface area contributed by atoms with Gasteiger partial charge in [0.1, 0.15) is 5.82 Å². The van der Waals surface area contributed by atoms with Crippen molar-refractivity contribution in [3.63, 3.8) is 0 Å². The van der Waals surface area contributed by atoms with E-state index in [9.17, 15) is 0 Å². The van der Waals surface area contributed by atoms with Crippen LogP contribution in [0.5, 0.6) is 0 Å². The number of unbranched alkanes of at least 4 members (excludes halogenated alkanes) is 2. The Labute approximate surface area is 130 Å². The zero-order chi connectivity index (χ0) is 15.7. The predicted octanol–water partition coefficient (Wildman–Crippen LogP) is 4.63. The third-order valence-electron chi connectivity index (χ3n) is 3.70. The van der Waals surface area contributed by atoms with Gasteiger partial charge >= 0.3 is 0 Å². The SMILES string of the molecule is CCCCCC(C)(C)CNc1nc(NCCC)ncc1C. The van der Waals surface area contributed by atoms with E-state index in [0.29, 0.717) is 11.4 Å². The van der Waals surface area contributed by atoms with E-state index in [4.69, 9.17) is 0 Å². The van der Waals surface area contributed by atoms with Gasteiger partial charge in [-0.1, -0.05) is 47.0 Å². The number of aromatic nitrogens is 2. The maximum Gasteiger partial charge on any atom is 0.224 e. The van der Waals surface area contributed by atoms with Crippen LogP contribution in [0, 0.1) is 12.3 Å². The van der Waals surface area contributed by atoms with Gasteiger partial charge in [0.15, 0.2) is 0 Å². The van der Waals surface area contributed by atoms with Gasteiger partial charge in [0, 0.05) is 24.8 Å². The number of hydrogen-bond donors (Lipinski definition) is 2. The molecule has 0 aliphatic rings. The topological polar surface area (TPSA) is 49.8 Å². The molecule has 4 nitrogen and oxygen atoms in total. The summed E-state index contributed by atoms with van der Waals surface area (Å²) in [6.07, 6.45) is 8.11. The molecule has 21 heavy (non-hydrogen) atoms. The van der Waals surface area contributed by atoms with Crippen LogP contribution in [0.15, 0.2) is 6.20 Å². The van der Waals surface area contributed by atoms with Gasteiger partial charge in [0.05, 0.1) is 0 Å². The van der Waals surface area contributed by atoms with Crippen molar-refractivity contribution in [1.82, 2.24) is 9.97 Å². The van der Waals surface area contributed by atoms with E-state index in [1.54, 1.807) is 0 Å². The Bertz CT molecular complexity index is 415. The van der Waals surface area contributed by atoms with Crippen LogP contribution in [0.25, 0.3) is 0 Å². The Morgan fingerprint density at radius 1 is 1.10 bits per heavy atom. The number of rotatable bonds is 10. The molecule has 0 saturated heterocycles. The molecule has 0 unspecified atom stereocenters. The first-order chi connectivity index (χ1) is 9.98. The van der Waals surface area contributed by atoms with Crippen molar-refractivity contribution in [3.8, 4) is 0 Å². The Kier molecular flexibility index (Phi) is 7.48. The summed E-state index contributed by atoms with van der Waals surface area (Å²) in [4.78, 5) is 8.90. The largest absolute Gasteiger partial charge is 0.369 e. The summed E-state index contributed by atoms with van der Waals surface area (Å²) >= 11 is 0. The molecule has 1 aromatic rings. The quantitative estimate of drug-likeness (QED) is 0.618. The summed E-state index contributed by atoms with van der Waals surface area (Å²) in [6.45, 7) is 12.9. The monoisotopic (exact) mass is 292 g/mol. The highest BCUT2D eigenvalue weighted by Crippen LogP contribution is 2.25. The molecule has 0 aliphatic carbocycles. The number of nitrogens with one attached hydrogen (secondary N) is 2. The number of anilines is 2. The van der Waals surface area contributed by atoms with E-state index in [2.05, 4.69) is 55.2 Å². The molecule has 1 rings (SSSR count). The molecular formula is C17H32N4. The normalized spacial score (nSPS) is 11.5. The second kappa shape index (κ2) is 8.85. The first kappa shape index (κ1) is 17.7. The van der Waals surface area contributed by atoms with E-state index < -0.39 is 0 Å². The zero-order valence-corrected chi connectivity index (χ0v) is 14.4. The molecule has 0 saturated carbocycles. The lowest BCUT2D eigenvalue weighted by Crippen LogP contribution is -2.24. The van der Waals surface area contributed by atoms with Crippen LogP contribution in [0.2, 0.25) is 0 Å². The smallest absolute Gasteiger partial charge is 0.224 e. The molecule has 0 amide bonds. The molecular weight excluding hydrogens is 260 g/mol. The van der Waals surface area contributed by atoms with Crippen molar-refractivity contribution < 1.29 is 0 Å². The van der Waals surface area contributed by atoms with Crippen LogP contribution in [-0.4, -0.2) is 23.1 Å². The number of aryl methyl sites for hydroxylation is 1. The van der Waals surface area contributed by atoms with Crippen LogP contribution in [0.1, 0.15) is 65.4 Å². The fourth-order valence-corrected chi connectivity index (χ4v) is 2.21. The van der Waals surface area contributed by atoms with Crippen LogP contribution in [-0.2, 0) is 0 Å². The van der Waals surface area contributed by atoms with Crippen LogP contribution in [0.3, 0.4) is 0 Å². The summed E-state index contributed by atoms with van der Waals surface area (Å²) in [7, 11) is 0. The number of hydrogen-bond acceptors (Lipinski definition) is 4. The van der Waals surface area contributed by atoms with Crippen molar-refractivity contribution in [1.29, 1.82) is 0 Å². The van der Waals surface area contributed by atoms with Gasteiger partial charge in [-0.2, -0.15) is 4.98 Å². The van der Waals surface area contributed by atoms with E-state index in [1.807, 2.05) is 6.20 Å². The third-order valence-corrected chi connectivity index (χ3v) is 3.70. The Balaban J connectivity index is 2.56. The standard InChI is InChI=1S/C17H32N4/c1-6-8-9-10-17(4,5)13-20-15-14(3)12-19-16(21-15)18-11-7-2/h12H,6-11,13H2,1-5H3,(H2,18,19,20,21). The first-order valence-corrected chi connectivity index (χ1v) is 8.30. The lowest BCUT2D eigenvalue weighted by Gasteiger charge is -2.25. The minimum atomic E-state index is 0.295. The molecule has 0 fully saturated rings. The molecule has 0 radical (unpaired) electrons. The Hall–Kier alpha value is -1.32. The maximum absolute atomic E-state index is 4.58. The lowest BCUT2D eigenvalue weighted by molar-refractivity contribution is 0.342. The molecule has 0 atom stereocenters. The van der Waals surface area contributed by atoms with Gasteiger partial charge < -0.3 is 10.6 Å². The zero-order valence-electron chi connectivity index (χ0n) is 14.4. The van der Waals surface area contributed by atoms with Gasteiger partial charge in [0.25, 0.3) is 0 Å². The van der Waals surface area contributed by atoms with Gasteiger partial charge in [-0.15, -0.1) is 0 Å². The summed E-state index contributed by atoms with van der Waals surface area (Å²) in [6, 6.07) is 0. The minimum Gasteiger partial charge on any atom is -0.369 e. The van der Waals surface area contributed by atoms with Crippen molar-refractivity contribution in [2.45, 2.75) is 66.7 Å². The molecule has 0 aromatic carbocycles. The van der Waals surface area contributed by atoms with Crippen LogP contribution < -0.4 is 10.6 Å². The Morgan fingerprint density at radius 3 is 2.52 bits per heavy atom. The van der Waals surface area contributed by atoms with Crippen molar-refractivity contribution in [2.75, 3.05) is 23.7 Å². The highest BCUT2D eigenvalue weighted by molar-refractivity contribution is 5.46. The highest BCUT2D eigenvalue weighted by Gasteiger charge is 2.17. The average molecular weight is 292 g/mol. The van der Waals surface area contributed by atoms with Crippen LogP contribution in [0.4, 0.5) is 11.8 Å².